The number of rotatable bonds is 24. The first-order valence-electron chi connectivity index (χ1n) is 72.7. The molecular weight excluding hydrogens is 1860 g/mol. The smallest absolute Gasteiger partial charge is 0.231 e. The van der Waals surface area contributed by atoms with E-state index in [1.165, 1.54) is 97.1 Å². The number of nitrogens with one attached hydrogen (secondary N) is 6. The normalized spacial score (nSPS) is 34.5. The minimum Gasteiger partial charge on any atom is -0.493 e. The van der Waals surface area contributed by atoms with E-state index < -0.39 is 392 Å². The first-order chi connectivity index (χ1) is 92.7. The van der Waals surface area contributed by atoms with Gasteiger partial charge in [0.15, 0.2) is 69.0 Å². The molecule has 144 heavy (non-hydrogen) atoms. The van der Waals surface area contributed by atoms with Crippen LogP contribution in [0, 0.1) is 70.3 Å². The second-order valence-corrected chi connectivity index (χ2v) is 31.7. The number of ether oxygens (including phenoxy) is 18. The van der Waals surface area contributed by atoms with E-state index in [0.717, 1.165) is 12.1 Å². The minimum absolute atomic E-state index is 0.00493. The molecule has 12 heterocycles. The molecule has 0 aliphatic carbocycles. The lowest BCUT2D eigenvalue weighted by Gasteiger charge is -2.32. The van der Waals surface area contributed by atoms with Gasteiger partial charge in [0.1, 0.15) is 85.8 Å². The lowest BCUT2D eigenvalue weighted by Crippen LogP contribution is -2.38. The SMILES string of the molecule is [2H]c1c([2H])c([C@@H]2C([2H])([2H])CNCC2([2H])C([2H])([2H])Oc2ccc3c(c2)OC([2H])([2H])O3)c([2H])c([2H])c1F.[2H]c1c([2H])c([C@@H]2C([2H])([2H])CNCC2([2H])COc2ccc3c(c2)OC([2H])([2H])O3)c([2H])c([2H])c1F.[2H]c1c([2H])c([C@H]2C(C([2H])([2H])Oc3ccc4c(c3)OC([2H])([2H])O4)CNCC2([2H])[2H])c([2H])c([2H])c1F.[2H]c1c([2H])c([C@H]2C(COc3ccc4c(c3)OC([2H])([2H])O4)CNCC2([2H])[2H])c([2H])c([2H])c1F.[2H]c1c([2H])c([C@]2([2H])CCNCC2([2H])C([2H])([2H])Oc2ccc3c(c2)OC([2H])([2H])O3)c([2H])c([2H])c1F.[2H]c1c([2H])c([C@]2([2H])CCNCC2C([2H])([2H])Oc2ccc3c(c2)OC([2H])([2H])O3)c([2H])c([2H])c1F. The zero-order chi connectivity index (χ0) is 149. The van der Waals surface area contributed by atoms with Crippen molar-refractivity contribution in [3.63, 3.8) is 0 Å². The molecule has 0 radical (unpaired) electrons. The third kappa shape index (κ3) is 26.5. The molecule has 6 fully saturated rings. The van der Waals surface area contributed by atoms with Crippen LogP contribution in [0.15, 0.2) is 254 Å². The van der Waals surface area contributed by atoms with Crippen molar-refractivity contribution < 1.29 is 190 Å². The Hall–Kier alpha value is -13.6. The molecule has 12 aromatic carbocycles. The van der Waals surface area contributed by atoms with Crippen LogP contribution < -0.4 is 117 Å². The fourth-order valence-corrected chi connectivity index (χ4v) is 15.2. The number of benzene rings is 12. The van der Waals surface area contributed by atoms with Gasteiger partial charge in [-0.2, -0.15) is 0 Å². The summed E-state index contributed by atoms with van der Waals surface area (Å²) in [5, 5.41) is 16.9. The maximum absolute atomic E-state index is 14.2. The number of hydrogen-bond acceptors (Lipinski definition) is 24. The van der Waals surface area contributed by atoms with Crippen LogP contribution in [0.2, 0.25) is 0 Å². The van der Waals surface area contributed by atoms with Gasteiger partial charge >= 0.3 is 0 Å². The molecule has 12 aromatic rings. The summed E-state index contributed by atoms with van der Waals surface area (Å²) in [4.78, 5) is 0. The number of halogens is 6. The molecule has 6 N–H and O–H groups in total. The Morgan fingerprint density at radius 1 is 0.250 bits per heavy atom. The Labute approximate surface area is 914 Å². The maximum atomic E-state index is 14.2. The highest BCUT2D eigenvalue weighted by Crippen LogP contribution is 2.45. The van der Waals surface area contributed by atoms with Gasteiger partial charge in [-0.1, -0.05) is 72.5 Å². The van der Waals surface area contributed by atoms with E-state index in [0.29, 0.717) is 5.75 Å². The molecule has 12 aliphatic rings. The molecule has 6 saturated heterocycles. The van der Waals surface area contributed by atoms with E-state index in [9.17, 15) is 26.3 Å². The summed E-state index contributed by atoms with van der Waals surface area (Å²) >= 11 is 0. The number of hydrogen-bond donors (Lipinski definition) is 6. The van der Waals surface area contributed by atoms with Crippen molar-refractivity contribution in [1.29, 1.82) is 0 Å². The molecule has 24 rings (SSSR count). The third-order valence-electron chi connectivity index (χ3n) is 22.3. The largest absolute Gasteiger partial charge is 0.493 e. The molecule has 756 valence electrons. The quantitative estimate of drug-likeness (QED) is 0.0308. The highest BCUT2D eigenvalue weighted by atomic mass is 19.1. The van der Waals surface area contributed by atoms with Crippen molar-refractivity contribution >= 4 is 0 Å². The Kier molecular flexibility index (Phi) is 17.6. The number of fused-ring (bicyclic) bond motifs is 6. The van der Waals surface area contributed by atoms with Crippen molar-refractivity contribution in [3.05, 3.63) is 322 Å². The second kappa shape index (κ2) is 49.1. The van der Waals surface area contributed by atoms with Gasteiger partial charge in [0.05, 0.1) is 83.3 Å². The third-order valence-corrected chi connectivity index (χ3v) is 22.3. The molecule has 0 aromatic heterocycles. The second-order valence-electron chi connectivity index (χ2n) is 31.7. The summed E-state index contributed by atoms with van der Waals surface area (Å²) in [5.74, 6) is -27.8. The summed E-state index contributed by atoms with van der Waals surface area (Å²) in [6, 6.07) is 3.26. The highest BCUT2D eigenvalue weighted by molar-refractivity contribution is 5.52. The minimum atomic E-state index is -3.01. The fraction of sp³-hybridized carbons (Fsp3) is 0.368. The van der Waals surface area contributed by atoms with Crippen molar-refractivity contribution in [2.75, 3.05) is 158 Å². The van der Waals surface area contributed by atoms with E-state index >= 15 is 0 Å². The van der Waals surface area contributed by atoms with Gasteiger partial charge in [-0.05, 0) is 292 Å². The Morgan fingerprint density at radius 2 is 0.500 bits per heavy atom. The van der Waals surface area contributed by atoms with Gasteiger partial charge in [0.2, 0.25) is 40.5 Å². The summed E-state index contributed by atoms with van der Waals surface area (Å²) in [7, 11) is 0. The van der Waals surface area contributed by atoms with Gasteiger partial charge < -0.3 is 117 Å². The van der Waals surface area contributed by atoms with Crippen LogP contribution in [0.5, 0.6) is 103 Å². The molecule has 12 atom stereocenters. The first-order valence-corrected chi connectivity index (χ1v) is 44.2. The summed E-state index contributed by atoms with van der Waals surface area (Å²) in [6.45, 7) is -27.5. The lowest BCUT2D eigenvalue weighted by molar-refractivity contribution is 0.173. The van der Waals surface area contributed by atoms with Crippen LogP contribution in [0.25, 0.3) is 0 Å². The van der Waals surface area contributed by atoms with Crippen LogP contribution in [0.1, 0.15) is 185 Å². The van der Waals surface area contributed by atoms with E-state index in [-0.39, 0.29) is 187 Å². The van der Waals surface area contributed by atoms with Crippen LogP contribution in [-0.4, -0.2) is 158 Å². The molecule has 24 nitrogen and oxygen atoms in total. The Bertz CT molecular complexity index is 9350. The predicted octanol–water partition coefficient (Wildman–Crippen LogP) is 20.0. The standard InChI is InChI=1S/6C19H20FNO3/c6*20-15-3-1-13(2-4-15)17-7-8-21-10-14(17)11-22-16-5-6-18-19(9-16)24-12-23-18/h6*1-6,9,14,17,21H,7-8,10-12H2/t6*14?,17-/m000000/s1/i1D,2D,3D,4D,11D2,12D2,14D,17D;1D,2D,3D,4D,7D2,11D2,12D2,14D;1D,2D,3D,4D,11D2,12D2,17D;1D,2D,3D,4D,7D2,12D2,14D;1D,2D,3D,4D,7D2,11D2,12D2;1D,2D,3D,4D,7D2,12D2. The molecular formula is C114H120F6N6O18. The van der Waals surface area contributed by atoms with Gasteiger partial charge in [0, 0.05) is 129 Å². The first kappa shape index (κ1) is 51.7. The predicted molar refractivity (Wildman–Crippen MR) is 529 cm³/mol. The molecule has 12 aliphatic heterocycles. The van der Waals surface area contributed by atoms with Gasteiger partial charge in [-0.3, -0.25) is 0 Å². The van der Waals surface area contributed by atoms with Crippen molar-refractivity contribution in [2.24, 2.45) is 35.4 Å². The van der Waals surface area contributed by atoms with Gasteiger partial charge in [-0.15, -0.1) is 0 Å². The molecule has 30 heteroatoms. The molecule has 0 spiro atoms. The van der Waals surface area contributed by atoms with Crippen LogP contribution >= 0.6 is 0 Å². The zero-order valence-electron chi connectivity index (χ0n) is 132. The monoisotopic (exact) mass is 2030 g/mol. The molecule has 6 unspecified atom stereocenters. The average Bonchev–Trinajstić information content (AvgIpc) is 1.17. The Morgan fingerprint density at radius 3 is 0.889 bits per heavy atom. The molecule has 0 bridgehead atoms. The van der Waals surface area contributed by atoms with Crippen LogP contribution in [0.3, 0.4) is 0 Å². The van der Waals surface area contributed by atoms with E-state index in [4.69, 9.17) is 163 Å². The molecule has 0 amide bonds. The van der Waals surface area contributed by atoms with Crippen LogP contribution in [-0.2, 0) is 0 Å². The van der Waals surface area contributed by atoms with E-state index in [1.807, 2.05) is 0 Å². The fourth-order valence-electron chi connectivity index (χ4n) is 15.2. The zero-order valence-corrected chi connectivity index (χ0v) is 74.9. The van der Waals surface area contributed by atoms with Crippen LogP contribution in [0.4, 0.5) is 26.3 Å². The molecule has 0 saturated carbocycles. The average molecular weight is 2030 g/mol. The lowest BCUT2D eigenvalue weighted by atomic mass is 9.81. The van der Waals surface area contributed by atoms with Crippen molar-refractivity contribution in [3.8, 4) is 103 Å². The van der Waals surface area contributed by atoms with E-state index in [1.54, 1.807) is 0 Å². The van der Waals surface area contributed by atoms with Crippen molar-refractivity contribution in [2.45, 2.75) is 73.8 Å². The van der Waals surface area contributed by atoms with Gasteiger partial charge in [0.25, 0.3) is 0 Å². The van der Waals surface area contributed by atoms with E-state index in [2.05, 4.69) is 31.9 Å². The summed E-state index contributed by atoms with van der Waals surface area (Å²) in [5.41, 5.74) is -2.60. The van der Waals surface area contributed by atoms with Gasteiger partial charge in [-0.25, -0.2) is 26.3 Å². The topological polar surface area (TPSA) is 238 Å². The number of piperidine rings is 6. The highest BCUT2D eigenvalue weighted by Gasteiger charge is 2.35. The Balaban J connectivity index is 0.000000143. The maximum Gasteiger partial charge on any atom is 0.231 e. The summed E-state index contributed by atoms with van der Waals surface area (Å²) < 4.78 is 641. The summed E-state index contributed by atoms with van der Waals surface area (Å²) in [6.07, 6.45) is -9.14. The van der Waals surface area contributed by atoms with Crippen molar-refractivity contribution in [1.82, 2.24) is 31.9 Å².